The molecule has 5 heteroatoms. The second-order valence-electron chi connectivity index (χ2n) is 4.55. The van der Waals surface area contributed by atoms with Gasteiger partial charge in [0.1, 0.15) is 17.2 Å². The maximum absolute atomic E-state index is 12.8. The van der Waals surface area contributed by atoms with Gasteiger partial charge in [0.25, 0.3) is 0 Å². The molecule has 0 fully saturated rings. The average molecular weight is 264 g/mol. The van der Waals surface area contributed by atoms with E-state index >= 15 is 0 Å². The van der Waals surface area contributed by atoms with E-state index in [1.165, 1.54) is 31.2 Å². The number of hydrogen-bond donors (Lipinski definition) is 2. The van der Waals surface area contributed by atoms with Crippen LogP contribution in [0.1, 0.15) is 28.8 Å². The quantitative estimate of drug-likeness (QED) is 0.890. The van der Waals surface area contributed by atoms with Gasteiger partial charge in [0.05, 0.1) is 0 Å². The van der Waals surface area contributed by atoms with Crippen LogP contribution in [0.2, 0.25) is 0 Å². The normalized spacial score (nSPS) is 14.1. The molecule has 2 rings (SSSR count). The van der Waals surface area contributed by atoms with E-state index in [9.17, 15) is 14.3 Å². The van der Waals surface area contributed by atoms with Gasteiger partial charge in [0.15, 0.2) is 0 Å². The number of benzene rings is 1. The molecule has 1 atom stereocenters. The van der Waals surface area contributed by atoms with Gasteiger partial charge in [-0.15, -0.1) is 0 Å². The monoisotopic (exact) mass is 264 g/mol. The van der Waals surface area contributed by atoms with E-state index in [2.05, 4.69) is 0 Å². The highest BCUT2D eigenvalue weighted by Crippen LogP contribution is 2.27. The molecule has 0 saturated carbocycles. The van der Waals surface area contributed by atoms with Gasteiger partial charge in [-0.25, -0.2) is 9.18 Å². The number of rotatable bonds is 4. The predicted octanol–water partition coefficient (Wildman–Crippen LogP) is 2.57. The molecular weight excluding hydrogens is 251 g/mol. The van der Waals surface area contributed by atoms with E-state index in [4.69, 9.17) is 9.52 Å². The number of carbonyl (C=O) groups is 1. The van der Waals surface area contributed by atoms with Crippen LogP contribution in [-0.4, -0.2) is 16.2 Å². The third kappa shape index (κ3) is 3.00. The van der Waals surface area contributed by atoms with Crippen LogP contribution >= 0.6 is 0 Å². The largest absolute Gasteiger partial charge is 0.475 e. The molecule has 0 spiro atoms. The van der Waals surface area contributed by atoms with Gasteiger partial charge in [0.2, 0.25) is 5.76 Å². The van der Waals surface area contributed by atoms with Gasteiger partial charge in [-0.3, -0.25) is 0 Å². The highest BCUT2D eigenvalue weighted by Gasteiger charge is 2.28. The van der Waals surface area contributed by atoms with Crippen molar-refractivity contribution in [2.24, 2.45) is 0 Å². The molecule has 19 heavy (non-hydrogen) atoms. The Bertz CT molecular complexity index is 584. The van der Waals surface area contributed by atoms with Crippen LogP contribution in [0.3, 0.4) is 0 Å². The molecular formula is C14H13FO4. The van der Waals surface area contributed by atoms with E-state index < -0.39 is 11.6 Å². The first kappa shape index (κ1) is 13.3. The molecule has 2 aromatic rings. The van der Waals surface area contributed by atoms with Gasteiger partial charge in [-0.05, 0) is 36.8 Å². The highest BCUT2D eigenvalue weighted by molar-refractivity contribution is 5.84. The van der Waals surface area contributed by atoms with Crippen LogP contribution in [0.5, 0.6) is 0 Å². The molecule has 1 heterocycles. The van der Waals surface area contributed by atoms with Crippen molar-refractivity contribution in [3.05, 3.63) is 59.3 Å². The van der Waals surface area contributed by atoms with Gasteiger partial charge >= 0.3 is 5.97 Å². The lowest BCUT2D eigenvalue weighted by atomic mass is 9.94. The number of hydrogen-bond acceptors (Lipinski definition) is 3. The standard InChI is InChI=1S/C14H13FO4/c1-14(18,8-9-2-4-10(15)5-3-9)12-7-6-11(19-12)13(16)17/h2-7,18H,8H2,1H3,(H,16,17). The molecule has 4 nitrogen and oxygen atoms in total. The van der Waals surface area contributed by atoms with Gasteiger partial charge < -0.3 is 14.6 Å². The number of carboxylic acid groups (broad SMARTS) is 1. The fourth-order valence-corrected chi connectivity index (χ4v) is 1.83. The Labute approximate surface area is 109 Å². The Morgan fingerprint density at radius 3 is 2.42 bits per heavy atom. The first-order valence-electron chi connectivity index (χ1n) is 5.69. The first-order valence-corrected chi connectivity index (χ1v) is 5.69. The second kappa shape index (κ2) is 4.85. The van der Waals surface area contributed by atoms with Crippen molar-refractivity contribution in [3.8, 4) is 0 Å². The Morgan fingerprint density at radius 1 is 1.26 bits per heavy atom. The van der Waals surface area contributed by atoms with Crippen LogP contribution in [0.25, 0.3) is 0 Å². The number of aromatic carboxylic acids is 1. The summed E-state index contributed by atoms with van der Waals surface area (Å²) in [5.41, 5.74) is -0.634. The molecule has 0 amide bonds. The lowest BCUT2D eigenvalue weighted by Gasteiger charge is -2.20. The van der Waals surface area contributed by atoms with Gasteiger partial charge in [-0.1, -0.05) is 12.1 Å². The van der Waals surface area contributed by atoms with Crippen LogP contribution in [-0.2, 0) is 12.0 Å². The zero-order chi connectivity index (χ0) is 14.0. The summed E-state index contributed by atoms with van der Waals surface area (Å²) >= 11 is 0. The third-order valence-electron chi connectivity index (χ3n) is 2.81. The maximum Gasteiger partial charge on any atom is 0.371 e. The summed E-state index contributed by atoms with van der Waals surface area (Å²) in [7, 11) is 0. The van der Waals surface area contributed by atoms with E-state index in [1.54, 1.807) is 12.1 Å². The van der Waals surface area contributed by atoms with Crippen LogP contribution in [0.15, 0.2) is 40.8 Å². The SMILES string of the molecule is CC(O)(Cc1ccc(F)cc1)c1ccc(C(=O)O)o1. The fraction of sp³-hybridized carbons (Fsp3) is 0.214. The Morgan fingerprint density at radius 2 is 1.89 bits per heavy atom. The van der Waals surface area contributed by atoms with Gasteiger partial charge in [-0.2, -0.15) is 0 Å². The highest BCUT2D eigenvalue weighted by atomic mass is 19.1. The molecule has 1 unspecified atom stereocenters. The molecule has 2 N–H and O–H groups in total. The molecule has 1 aromatic heterocycles. The summed E-state index contributed by atoms with van der Waals surface area (Å²) in [6.07, 6.45) is 0.194. The molecule has 1 aromatic carbocycles. The summed E-state index contributed by atoms with van der Waals surface area (Å²) in [5, 5.41) is 19.1. The van der Waals surface area contributed by atoms with E-state index in [1.807, 2.05) is 0 Å². The molecule has 0 aliphatic carbocycles. The Hall–Kier alpha value is -2.14. The number of halogens is 1. The predicted molar refractivity (Wildman–Crippen MR) is 65.3 cm³/mol. The average Bonchev–Trinajstić information content (AvgIpc) is 2.82. The van der Waals surface area contributed by atoms with Gasteiger partial charge in [0, 0.05) is 6.42 Å². The second-order valence-corrected chi connectivity index (χ2v) is 4.55. The first-order chi connectivity index (χ1) is 8.88. The lowest BCUT2D eigenvalue weighted by molar-refractivity contribution is 0.0317. The minimum atomic E-state index is -1.36. The van der Waals surface area contributed by atoms with Crippen LogP contribution in [0.4, 0.5) is 4.39 Å². The summed E-state index contributed by atoms with van der Waals surface area (Å²) in [6.45, 7) is 1.51. The van der Waals surface area contributed by atoms with Crippen molar-refractivity contribution in [3.63, 3.8) is 0 Å². The molecule has 0 aliphatic heterocycles. The summed E-state index contributed by atoms with van der Waals surface area (Å²) in [4.78, 5) is 10.7. The minimum Gasteiger partial charge on any atom is -0.475 e. The van der Waals surface area contributed by atoms with Crippen molar-refractivity contribution in [2.45, 2.75) is 18.9 Å². The van der Waals surface area contributed by atoms with Crippen molar-refractivity contribution >= 4 is 5.97 Å². The van der Waals surface area contributed by atoms with Crippen molar-refractivity contribution < 1.29 is 23.8 Å². The summed E-state index contributed by atoms with van der Waals surface area (Å²) in [6, 6.07) is 8.44. The Balaban J connectivity index is 2.21. The van der Waals surface area contributed by atoms with E-state index in [0.29, 0.717) is 0 Å². The van der Waals surface area contributed by atoms with Crippen LogP contribution in [0, 0.1) is 5.82 Å². The van der Waals surface area contributed by atoms with E-state index in [-0.39, 0.29) is 23.8 Å². The molecule has 0 bridgehead atoms. The summed E-state index contributed by atoms with van der Waals surface area (Å²) < 4.78 is 17.9. The number of carboxylic acids is 1. The zero-order valence-electron chi connectivity index (χ0n) is 10.3. The van der Waals surface area contributed by atoms with Crippen molar-refractivity contribution in [2.75, 3.05) is 0 Å². The molecule has 0 radical (unpaired) electrons. The number of furan rings is 1. The molecule has 0 saturated heterocycles. The summed E-state index contributed by atoms with van der Waals surface area (Å²) in [5.74, 6) is -1.61. The molecule has 0 aliphatic rings. The van der Waals surface area contributed by atoms with Crippen molar-refractivity contribution in [1.82, 2.24) is 0 Å². The minimum absolute atomic E-state index is 0.161. The topological polar surface area (TPSA) is 70.7 Å². The lowest BCUT2D eigenvalue weighted by Crippen LogP contribution is -2.23. The smallest absolute Gasteiger partial charge is 0.371 e. The molecule has 100 valence electrons. The number of aliphatic hydroxyl groups is 1. The zero-order valence-corrected chi connectivity index (χ0v) is 10.3. The maximum atomic E-state index is 12.8. The fourth-order valence-electron chi connectivity index (χ4n) is 1.83. The van der Waals surface area contributed by atoms with Crippen molar-refractivity contribution in [1.29, 1.82) is 0 Å². The van der Waals surface area contributed by atoms with E-state index in [0.717, 1.165) is 5.56 Å². The van der Waals surface area contributed by atoms with Crippen LogP contribution < -0.4 is 0 Å². The third-order valence-corrected chi connectivity index (χ3v) is 2.81. The Kier molecular flexibility index (Phi) is 3.40.